The van der Waals surface area contributed by atoms with E-state index in [0.717, 1.165) is 22.3 Å². The number of hydrogen-bond acceptors (Lipinski definition) is 4. The highest BCUT2D eigenvalue weighted by Gasteiger charge is 2.15. The fourth-order valence-electron chi connectivity index (χ4n) is 2.79. The third-order valence-electron chi connectivity index (χ3n) is 4.13. The topological polar surface area (TPSA) is 75.6 Å². The third-order valence-corrected chi connectivity index (χ3v) is 5.15. The van der Waals surface area contributed by atoms with E-state index in [1.54, 1.807) is 0 Å². The zero-order valence-electron chi connectivity index (χ0n) is 14.4. The van der Waals surface area contributed by atoms with E-state index in [1.165, 1.54) is 36.0 Å². The molecular weight excluding hydrogens is 365 g/mol. The first-order chi connectivity index (χ1) is 13.1. The summed E-state index contributed by atoms with van der Waals surface area (Å²) < 4.78 is 14.8. The molecule has 0 aliphatic heterocycles. The van der Waals surface area contributed by atoms with E-state index in [4.69, 9.17) is 0 Å². The third kappa shape index (κ3) is 3.56. The first kappa shape index (κ1) is 17.3. The number of para-hydroxylation sites is 1. The molecule has 2 aromatic heterocycles. The van der Waals surface area contributed by atoms with E-state index in [9.17, 15) is 9.18 Å². The minimum Gasteiger partial charge on any atom is -0.360 e. The van der Waals surface area contributed by atoms with Gasteiger partial charge >= 0.3 is 0 Å². The van der Waals surface area contributed by atoms with Crippen molar-refractivity contribution in [3.63, 3.8) is 0 Å². The lowest BCUT2D eigenvalue weighted by atomic mass is 10.1. The van der Waals surface area contributed by atoms with Gasteiger partial charge in [-0.2, -0.15) is 0 Å². The van der Waals surface area contributed by atoms with Gasteiger partial charge in [0.25, 0.3) is 0 Å². The van der Waals surface area contributed by atoms with Crippen LogP contribution in [-0.4, -0.2) is 31.4 Å². The van der Waals surface area contributed by atoms with Gasteiger partial charge in [-0.25, -0.2) is 4.39 Å². The van der Waals surface area contributed by atoms with Gasteiger partial charge in [-0.05, 0) is 30.3 Å². The normalized spacial score (nSPS) is 11.0. The van der Waals surface area contributed by atoms with Crippen LogP contribution in [0.15, 0.2) is 59.9 Å². The Bertz CT molecular complexity index is 1100. The molecule has 0 spiro atoms. The summed E-state index contributed by atoms with van der Waals surface area (Å²) in [7, 11) is 1.87. The zero-order valence-corrected chi connectivity index (χ0v) is 15.3. The van der Waals surface area contributed by atoms with E-state index >= 15 is 0 Å². The molecule has 0 unspecified atom stereocenters. The number of rotatable bonds is 5. The maximum atomic E-state index is 12.9. The number of aromatic nitrogens is 4. The van der Waals surface area contributed by atoms with Crippen molar-refractivity contribution in [2.45, 2.75) is 5.16 Å². The van der Waals surface area contributed by atoms with Crippen LogP contribution in [0.3, 0.4) is 0 Å². The molecule has 2 aromatic carbocycles. The molecule has 136 valence electrons. The number of fused-ring (bicyclic) bond motifs is 1. The summed E-state index contributed by atoms with van der Waals surface area (Å²) >= 11 is 1.29. The number of anilines is 1. The highest BCUT2D eigenvalue weighted by Crippen LogP contribution is 2.29. The lowest BCUT2D eigenvalue weighted by Crippen LogP contribution is -2.14. The molecule has 1 amide bonds. The predicted octanol–water partition coefficient (Wildman–Crippen LogP) is 3.83. The molecule has 0 aliphatic rings. The zero-order chi connectivity index (χ0) is 18.8. The van der Waals surface area contributed by atoms with E-state index in [0.29, 0.717) is 10.8 Å². The van der Waals surface area contributed by atoms with Crippen LogP contribution in [-0.2, 0) is 11.8 Å². The SMILES string of the molecule is Cn1c(SCC(=O)Nc2ccc(F)cc2)nnc1-c1c[nH]c2ccccc12. The molecule has 2 heterocycles. The van der Waals surface area contributed by atoms with Gasteiger partial charge in [-0.3, -0.25) is 4.79 Å². The van der Waals surface area contributed by atoms with Crippen LogP contribution in [0.25, 0.3) is 22.3 Å². The highest BCUT2D eigenvalue weighted by molar-refractivity contribution is 7.99. The van der Waals surface area contributed by atoms with E-state index < -0.39 is 0 Å². The first-order valence-corrected chi connectivity index (χ1v) is 9.24. The van der Waals surface area contributed by atoms with Crippen LogP contribution in [0.1, 0.15) is 0 Å². The van der Waals surface area contributed by atoms with Crippen LogP contribution < -0.4 is 5.32 Å². The lowest BCUT2D eigenvalue weighted by molar-refractivity contribution is -0.113. The number of carbonyl (C=O) groups excluding carboxylic acids is 1. The summed E-state index contributed by atoms with van der Waals surface area (Å²) in [5.74, 6) is 0.375. The van der Waals surface area contributed by atoms with Crippen LogP contribution in [0.5, 0.6) is 0 Å². The number of nitrogens with zero attached hydrogens (tertiary/aromatic N) is 3. The van der Waals surface area contributed by atoms with Crippen LogP contribution in [0.2, 0.25) is 0 Å². The summed E-state index contributed by atoms with van der Waals surface area (Å²) in [5.41, 5.74) is 2.55. The second kappa shape index (κ2) is 7.24. The quantitative estimate of drug-likeness (QED) is 0.515. The molecule has 8 heteroatoms. The molecule has 4 rings (SSSR count). The van der Waals surface area contributed by atoms with Crippen LogP contribution >= 0.6 is 11.8 Å². The van der Waals surface area contributed by atoms with Crippen molar-refractivity contribution in [1.29, 1.82) is 0 Å². The van der Waals surface area contributed by atoms with Crippen molar-refractivity contribution in [3.05, 3.63) is 60.5 Å². The van der Waals surface area contributed by atoms with Crippen molar-refractivity contribution in [2.24, 2.45) is 7.05 Å². The molecule has 0 fully saturated rings. The number of thioether (sulfide) groups is 1. The maximum Gasteiger partial charge on any atom is 0.234 e. The number of H-pyrrole nitrogens is 1. The predicted molar refractivity (Wildman–Crippen MR) is 104 cm³/mol. The van der Waals surface area contributed by atoms with Crippen molar-refractivity contribution in [1.82, 2.24) is 19.7 Å². The molecule has 0 aliphatic carbocycles. The minimum atomic E-state index is -0.341. The fourth-order valence-corrected chi connectivity index (χ4v) is 3.50. The van der Waals surface area contributed by atoms with Crippen molar-refractivity contribution in [3.8, 4) is 11.4 Å². The number of nitrogens with one attached hydrogen (secondary N) is 2. The second-order valence-electron chi connectivity index (χ2n) is 5.96. The Morgan fingerprint density at radius 1 is 1.19 bits per heavy atom. The van der Waals surface area contributed by atoms with Crippen molar-refractivity contribution < 1.29 is 9.18 Å². The first-order valence-electron chi connectivity index (χ1n) is 8.26. The molecule has 6 nitrogen and oxygen atoms in total. The maximum absolute atomic E-state index is 12.9. The summed E-state index contributed by atoms with van der Waals surface area (Å²) in [5, 5.41) is 12.9. The Balaban J connectivity index is 1.46. The minimum absolute atomic E-state index is 0.178. The molecule has 2 N–H and O–H groups in total. The van der Waals surface area contributed by atoms with Gasteiger partial charge in [0.1, 0.15) is 5.82 Å². The molecular formula is C19H16FN5OS. The Kier molecular flexibility index (Phi) is 4.64. The summed E-state index contributed by atoms with van der Waals surface area (Å²) in [6, 6.07) is 13.6. The number of benzene rings is 2. The summed E-state index contributed by atoms with van der Waals surface area (Å²) in [4.78, 5) is 15.3. The van der Waals surface area contributed by atoms with Gasteiger partial charge < -0.3 is 14.9 Å². The van der Waals surface area contributed by atoms with Gasteiger partial charge in [0, 0.05) is 35.4 Å². The monoisotopic (exact) mass is 381 g/mol. The van der Waals surface area contributed by atoms with Crippen LogP contribution in [0, 0.1) is 5.82 Å². The van der Waals surface area contributed by atoms with Gasteiger partial charge in [-0.15, -0.1) is 10.2 Å². The number of hydrogen-bond donors (Lipinski definition) is 2. The molecule has 0 bridgehead atoms. The van der Waals surface area contributed by atoms with Crippen molar-refractivity contribution >= 4 is 34.3 Å². The second-order valence-corrected chi connectivity index (χ2v) is 6.90. The van der Waals surface area contributed by atoms with E-state index in [-0.39, 0.29) is 17.5 Å². The summed E-state index contributed by atoms with van der Waals surface area (Å²) in [6.45, 7) is 0. The molecule has 4 aromatic rings. The van der Waals surface area contributed by atoms with Gasteiger partial charge in [0.15, 0.2) is 11.0 Å². The number of amides is 1. The summed E-state index contributed by atoms with van der Waals surface area (Å²) in [6.07, 6.45) is 1.91. The molecule has 0 atom stereocenters. The highest BCUT2D eigenvalue weighted by atomic mass is 32.2. The Morgan fingerprint density at radius 3 is 2.78 bits per heavy atom. The van der Waals surface area contributed by atoms with E-state index in [2.05, 4.69) is 20.5 Å². The Morgan fingerprint density at radius 2 is 1.96 bits per heavy atom. The average Bonchev–Trinajstić information content (AvgIpc) is 3.25. The smallest absolute Gasteiger partial charge is 0.234 e. The standard InChI is InChI=1S/C19H16FN5OS/c1-25-18(15-10-21-16-5-3-2-4-14(15)16)23-24-19(25)27-11-17(26)22-13-8-6-12(20)7-9-13/h2-10,21H,11H2,1H3,(H,22,26). The fraction of sp³-hybridized carbons (Fsp3) is 0.105. The van der Waals surface area contributed by atoms with Gasteiger partial charge in [-0.1, -0.05) is 30.0 Å². The molecule has 0 saturated carbocycles. The average molecular weight is 381 g/mol. The number of aromatic amines is 1. The van der Waals surface area contributed by atoms with Crippen molar-refractivity contribution in [2.75, 3.05) is 11.1 Å². The Hall–Kier alpha value is -3.13. The van der Waals surface area contributed by atoms with E-state index in [1.807, 2.05) is 42.1 Å². The number of carbonyl (C=O) groups is 1. The van der Waals surface area contributed by atoms with Crippen LogP contribution in [0.4, 0.5) is 10.1 Å². The lowest BCUT2D eigenvalue weighted by Gasteiger charge is -2.05. The molecule has 0 saturated heterocycles. The molecule has 27 heavy (non-hydrogen) atoms. The van der Waals surface area contributed by atoms with Gasteiger partial charge in [0.05, 0.1) is 5.75 Å². The molecule has 0 radical (unpaired) electrons. The van der Waals surface area contributed by atoms with Gasteiger partial charge in [0.2, 0.25) is 5.91 Å². The number of halogens is 1. The largest absolute Gasteiger partial charge is 0.360 e. The Labute approximate surface area is 158 Å².